The highest BCUT2D eigenvalue weighted by Crippen LogP contribution is 2.41. The van der Waals surface area contributed by atoms with Gasteiger partial charge in [-0.05, 0) is 25.5 Å². The third kappa shape index (κ3) is 4.82. The Morgan fingerprint density at radius 2 is 1.88 bits per heavy atom. The van der Waals surface area contributed by atoms with Gasteiger partial charge in [0.2, 0.25) is 5.88 Å². The van der Waals surface area contributed by atoms with Crippen LogP contribution in [0.2, 0.25) is 10.0 Å². The van der Waals surface area contributed by atoms with Gasteiger partial charge in [-0.1, -0.05) is 36.5 Å². The molecule has 1 aromatic heterocycles. The first-order valence-corrected chi connectivity index (χ1v) is 8.48. The first kappa shape index (κ1) is 20.4. The van der Waals surface area contributed by atoms with Gasteiger partial charge in [0.15, 0.2) is 5.75 Å². The van der Waals surface area contributed by atoms with Crippen molar-refractivity contribution in [1.82, 2.24) is 15.1 Å². The van der Waals surface area contributed by atoms with Gasteiger partial charge < -0.3 is 10.1 Å². The van der Waals surface area contributed by atoms with Crippen molar-refractivity contribution in [3.8, 4) is 11.6 Å². The van der Waals surface area contributed by atoms with E-state index in [9.17, 15) is 18.0 Å². The van der Waals surface area contributed by atoms with Crippen molar-refractivity contribution in [3.63, 3.8) is 0 Å². The predicted molar refractivity (Wildman–Crippen MR) is 92.2 cm³/mol. The molecule has 0 aliphatic rings. The van der Waals surface area contributed by atoms with Gasteiger partial charge in [0.25, 0.3) is 0 Å². The van der Waals surface area contributed by atoms with E-state index < -0.39 is 17.8 Å². The number of aryl methyl sites for hydroxylation is 1. The molecule has 0 spiro atoms. The summed E-state index contributed by atoms with van der Waals surface area (Å²) in [5.41, 5.74) is -0.509. The van der Waals surface area contributed by atoms with Crippen molar-refractivity contribution in [3.05, 3.63) is 39.5 Å². The fourth-order valence-corrected chi connectivity index (χ4v) is 2.64. The van der Waals surface area contributed by atoms with E-state index >= 15 is 0 Å². The van der Waals surface area contributed by atoms with E-state index in [1.807, 2.05) is 6.92 Å². The summed E-state index contributed by atoms with van der Waals surface area (Å²) in [4.78, 5) is 12.1. The highest BCUT2D eigenvalue weighted by molar-refractivity contribution is 6.37. The Kier molecular flexibility index (Phi) is 6.41. The van der Waals surface area contributed by atoms with Gasteiger partial charge in [0, 0.05) is 12.6 Å². The molecule has 0 radical (unpaired) electrons. The molecule has 0 aliphatic heterocycles. The molecule has 1 amide bonds. The highest BCUT2D eigenvalue weighted by Gasteiger charge is 2.32. The molecule has 1 aromatic carbocycles. The Hall–Kier alpha value is -1.93. The van der Waals surface area contributed by atoms with Crippen LogP contribution in [-0.4, -0.2) is 22.4 Å². The maximum absolute atomic E-state index is 12.8. The van der Waals surface area contributed by atoms with Crippen molar-refractivity contribution in [1.29, 1.82) is 0 Å². The van der Waals surface area contributed by atoms with Crippen molar-refractivity contribution in [2.24, 2.45) is 0 Å². The van der Waals surface area contributed by atoms with Crippen molar-refractivity contribution < 1.29 is 22.7 Å². The molecule has 26 heavy (non-hydrogen) atoms. The highest BCUT2D eigenvalue weighted by atomic mass is 35.5. The molecule has 1 heterocycles. The first-order valence-electron chi connectivity index (χ1n) is 7.72. The zero-order valence-electron chi connectivity index (χ0n) is 14.0. The molecule has 1 N–H and O–H groups in total. The zero-order chi connectivity index (χ0) is 19.5. The van der Waals surface area contributed by atoms with Crippen LogP contribution in [0.25, 0.3) is 0 Å². The minimum Gasteiger partial charge on any atom is -0.434 e. The number of unbranched alkanes of at least 4 members (excludes halogenated alkanes) is 1. The monoisotopic (exact) mass is 409 g/mol. The Labute approximate surface area is 158 Å². The maximum atomic E-state index is 12.8. The Bertz CT molecular complexity index is 784. The summed E-state index contributed by atoms with van der Waals surface area (Å²) in [7, 11) is 0. The molecule has 0 fully saturated rings. The molecule has 0 atom stereocenters. The van der Waals surface area contributed by atoms with E-state index in [0.29, 0.717) is 24.4 Å². The number of nitrogens with one attached hydrogen (secondary N) is 1. The molecule has 2 rings (SSSR count). The second kappa shape index (κ2) is 8.18. The fourth-order valence-electron chi connectivity index (χ4n) is 2.07. The molecular weight excluding hydrogens is 394 g/mol. The van der Waals surface area contributed by atoms with E-state index in [1.165, 1.54) is 6.07 Å². The Morgan fingerprint density at radius 1 is 1.27 bits per heavy atom. The molecule has 0 unspecified atom stereocenters. The van der Waals surface area contributed by atoms with Gasteiger partial charge in [-0.2, -0.15) is 17.9 Å². The van der Waals surface area contributed by atoms with Gasteiger partial charge >= 0.3 is 12.2 Å². The topological polar surface area (TPSA) is 56.2 Å². The predicted octanol–water partition coefficient (Wildman–Crippen LogP) is 5.67. The van der Waals surface area contributed by atoms with Crippen LogP contribution in [0.3, 0.4) is 0 Å². The second-order valence-electron chi connectivity index (χ2n) is 5.49. The molecule has 0 saturated carbocycles. The number of halogens is 5. The minimum absolute atomic E-state index is 0.0169. The number of benzene rings is 1. The SMILES string of the molecule is CCCCNC(=O)n1nc(Oc2c(Cl)cc(C(F)(F)F)cc2Cl)cc1C. The standard InChI is InChI=1S/C16H16Cl2F3N3O2/c1-3-4-5-22-15(25)24-9(2)6-13(23-24)26-14-11(17)7-10(8-12(14)18)16(19,20)21/h6-8H,3-5H2,1-2H3,(H,22,25). The number of alkyl halides is 3. The van der Waals surface area contributed by atoms with Gasteiger partial charge in [-0.15, -0.1) is 5.10 Å². The summed E-state index contributed by atoms with van der Waals surface area (Å²) < 4.78 is 44.8. The van der Waals surface area contributed by atoms with E-state index in [-0.39, 0.29) is 21.7 Å². The fraction of sp³-hybridized carbons (Fsp3) is 0.375. The average molecular weight is 410 g/mol. The summed E-state index contributed by atoms with van der Waals surface area (Å²) in [6.45, 7) is 4.13. The minimum atomic E-state index is -4.58. The number of aromatic nitrogens is 2. The number of rotatable bonds is 5. The van der Waals surface area contributed by atoms with Gasteiger partial charge in [-0.3, -0.25) is 0 Å². The maximum Gasteiger partial charge on any atom is 0.416 e. The van der Waals surface area contributed by atoms with Crippen LogP contribution in [0.15, 0.2) is 18.2 Å². The number of nitrogens with zero attached hydrogens (tertiary/aromatic N) is 2. The number of amides is 1. The molecule has 0 aliphatic carbocycles. The Balaban J connectivity index is 2.22. The van der Waals surface area contributed by atoms with Crippen molar-refractivity contribution in [2.75, 3.05) is 6.54 Å². The first-order chi connectivity index (χ1) is 12.1. The van der Waals surface area contributed by atoms with Crippen molar-refractivity contribution >= 4 is 29.2 Å². The lowest BCUT2D eigenvalue weighted by atomic mass is 10.2. The lowest BCUT2D eigenvalue weighted by Crippen LogP contribution is -2.30. The summed E-state index contributed by atoms with van der Waals surface area (Å²) in [6.07, 6.45) is -2.83. The largest absolute Gasteiger partial charge is 0.434 e. The third-order valence-corrected chi connectivity index (χ3v) is 3.96. The number of ether oxygens (including phenoxy) is 1. The quantitative estimate of drug-likeness (QED) is 0.647. The summed E-state index contributed by atoms with van der Waals surface area (Å²) >= 11 is 11.7. The van der Waals surface area contributed by atoms with E-state index in [0.717, 1.165) is 17.5 Å². The lowest BCUT2D eigenvalue weighted by molar-refractivity contribution is -0.137. The van der Waals surface area contributed by atoms with Crippen LogP contribution in [0.5, 0.6) is 11.6 Å². The third-order valence-electron chi connectivity index (χ3n) is 3.40. The molecule has 2 aromatic rings. The molecule has 0 saturated heterocycles. The van der Waals surface area contributed by atoms with E-state index in [1.54, 1.807) is 6.92 Å². The normalized spacial score (nSPS) is 11.5. The van der Waals surface area contributed by atoms with Crippen LogP contribution < -0.4 is 10.1 Å². The molecule has 5 nitrogen and oxygen atoms in total. The van der Waals surface area contributed by atoms with Gasteiger partial charge in [0.05, 0.1) is 21.3 Å². The number of carbonyl (C=O) groups is 1. The summed E-state index contributed by atoms with van der Waals surface area (Å²) in [5.74, 6) is -0.186. The van der Waals surface area contributed by atoms with Crippen LogP contribution in [0, 0.1) is 6.92 Å². The van der Waals surface area contributed by atoms with Crippen LogP contribution >= 0.6 is 23.2 Å². The molecule has 0 bridgehead atoms. The van der Waals surface area contributed by atoms with Crippen molar-refractivity contribution in [2.45, 2.75) is 32.9 Å². The van der Waals surface area contributed by atoms with E-state index in [2.05, 4.69) is 10.4 Å². The summed E-state index contributed by atoms with van der Waals surface area (Å²) in [5, 5.41) is 6.04. The van der Waals surface area contributed by atoms with Crippen LogP contribution in [-0.2, 0) is 6.18 Å². The average Bonchev–Trinajstić information content (AvgIpc) is 2.90. The lowest BCUT2D eigenvalue weighted by Gasteiger charge is -2.11. The van der Waals surface area contributed by atoms with Crippen LogP contribution in [0.4, 0.5) is 18.0 Å². The van der Waals surface area contributed by atoms with E-state index in [4.69, 9.17) is 27.9 Å². The number of carbonyl (C=O) groups excluding carboxylic acids is 1. The smallest absolute Gasteiger partial charge is 0.416 e. The Morgan fingerprint density at radius 3 is 2.42 bits per heavy atom. The van der Waals surface area contributed by atoms with Crippen LogP contribution in [0.1, 0.15) is 31.0 Å². The molecule has 142 valence electrons. The second-order valence-corrected chi connectivity index (χ2v) is 6.30. The number of hydrogen-bond donors (Lipinski definition) is 1. The summed E-state index contributed by atoms with van der Waals surface area (Å²) in [6, 6.07) is 2.44. The zero-order valence-corrected chi connectivity index (χ0v) is 15.5. The molecular formula is C16H16Cl2F3N3O2. The molecule has 10 heteroatoms. The van der Waals surface area contributed by atoms with Gasteiger partial charge in [-0.25, -0.2) is 4.79 Å². The number of hydrogen-bond acceptors (Lipinski definition) is 3. The van der Waals surface area contributed by atoms with Gasteiger partial charge in [0.1, 0.15) is 0 Å².